The summed E-state index contributed by atoms with van der Waals surface area (Å²) in [6, 6.07) is 19.9. The molecule has 0 bridgehead atoms. The minimum absolute atomic E-state index is 0.0203. The van der Waals surface area contributed by atoms with Crippen molar-refractivity contribution in [2.24, 2.45) is 17.8 Å². The van der Waals surface area contributed by atoms with Crippen molar-refractivity contribution >= 4 is 5.97 Å². The summed E-state index contributed by atoms with van der Waals surface area (Å²) in [4.78, 5) is 11.9. The van der Waals surface area contributed by atoms with E-state index in [4.69, 9.17) is 14.2 Å². The summed E-state index contributed by atoms with van der Waals surface area (Å²) < 4.78 is 17.0. The molecule has 5 nitrogen and oxygen atoms in total. The summed E-state index contributed by atoms with van der Waals surface area (Å²) in [5, 5.41) is 10.8. The van der Waals surface area contributed by atoms with Crippen molar-refractivity contribution in [3.05, 3.63) is 71.8 Å². The molecule has 1 N–H and O–H groups in total. The molecule has 30 heavy (non-hydrogen) atoms. The third-order valence-electron chi connectivity index (χ3n) is 5.48. The Balaban J connectivity index is 2.03. The predicted octanol–water partition coefficient (Wildman–Crippen LogP) is 4.23. The van der Waals surface area contributed by atoms with Gasteiger partial charge in [-0.2, -0.15) is 0 Å². The molecule has 0 spiro atoms. The predicted molar refractivity (Wildman–Crippen MR) is 117 cm³/mol. The maximum Gasteiger partial charge on any atom is 0.311 e. The van der Waals surface area contributed by atoms with Gasteiger partial charge in [-0.15, -0.1) is 0 Å². The van der Waals surface area contributed by atoms with Gasteiger partial charge >= 0.3 is 5.97 Å². The molecule has 0 aliphatic heterocycles. The summed E-state index contributed by atoms with van der Waals surface area (Å²) in [5.41, 5.74) is 2.17. The van der Waals surface area contributed by atoms with Crippen LogP contribution in [0.2, 0.25) is 0 Å². The summed E-state index contributed by atoms with van der Waals surface area (Å²) in [6.07, 6.45) is -1.17. The molecule has 5 heteroatoms. The summed E-state index contributed by atoms with van der Waals surface area (Å²) >= 11 is 0. The number of ether oxygens (including phenoxy) is 3. The van der Waals surface area contributed by atoms with E-state index in [0.717, 1.165) is 11.1 Å². The Kier molecular flexibility index (Phi) is 10.0. The maximum absolute atomic E-state index is 11.9. The van der Waals surface area contributed by atoms with Gasteiger partial charge in [-0.25, -0.2) is 0 Å². The van der Waals surface area contributed by atoms with Gasteiger partial charge in [0, 0.05) is 11.8 Å². The second-order valence-corrected chi connectivity index (χ2v) is 7.90. The number of carbonyl (C=O) groups is 1. The van der Waals surface area contributed by atoms with Gasteiger partial charge in [-0.1, -0.05) is 74.5 Å². The zero-order valence-electron chi connectivity index (χ0n) is 18.4. The van der Waals surface area contributed by atoms with Crippen molar-refractivity contribution in [3.63, 3.8) is 0 Å². The molecule has 0 saturated carbocycles. The van der Waals surface area contributed by atoms with Crippen LogP contribution < -0.4 is 0 Å². The number of carbonyl (C=O) groups excluding carboxylic acids is 1. The number of benzene rings is 2. The number of hydrogen-bond acceptors (Lipinski definition) is 5. The van der Waals surface area contributed by atoms with Crippen LogP contribution in [0.1, 0.15) is 31.9 Å². The van der Waals surface area contributed by atoms with Crippen molar-refractivity contribution in [2.45, 2.75) is 46.2 Å². The fourth-order valence-electron chi connectivity index (χ4n) is 3.61. The van der Waals surface area contributed by atoms with Gasteiger partial charge in [0.1, 0.15) is 0 Å². The molecule has 0 aliphatic carbocycles. The molecule has 2 aromatic carbocycles. The minimum Gasteiger partial charge on any atom is -0.469 e. The second kappa shape index (κ2) is 12.5. The summed E-state index contributed by atoms with van der Waals surface area (Å²) in [5.74, 6) is -1.32. The lowest BCUT2D eigenvalue weighted by Gasteiger charge is -2.34. The molecule has 0 amide bonds. The van der Waals surface area contributed by atoms with Gasteiger partial charge in [-0.05, 0) is 18.1 Å². The summed E-state index contributed by atoms with van der Waals surface area (Å²) in [6.45, 7) is 7.07. The van der Waals surface area contributed by atoms with E-state index in [9.17, 15) is 9.90 Å². The third-order valence-corrected chi connectivity index (χ3v) is 5.48. The first-order valence-electron chi connectivity index (χ1n) is 10.5. The Bertz CT molecular complexity index is 734. The fourth-order valence-corrected chi connectivity index (χ4v) is 3.61. The molecular weight excluding hydrogens is 380 g/mol. The molecule has 0 saturated heterocycles. The Hall–Kier alpha value is -2.21. The quantitative estimate of drug-likeness (QED) is 0.527. The molecule has 2 rings (SSSR count). The van der Waals surface area contributed by atoms with Crippen LogP contribution in [0.15, 0.2) is 60.7 Å². The Morgan fingerprint density at radius 2 is 1.43 bits per heavy atom. The largest absolute Gasteiger partial charge is 0.469 e. The smallest absolute Gasteiger partial charge is 0.311 e. The number of rotatable bonds is 12. The number of aliphatic hydroxyl groups is 1. The normalized spacial score (nSPS) is 16.3. The first kappa shape index (κ1) is 24.1. The number of hydrogen-bond donors (Lipinski definition) is 1. The molecule has 164 valence electrons. The topological polar surface area (TPSA) is 65.0 Å². The van der Waals surface area contributed by atoms with E-state index in [2.05, 4.69) is 0 Å². The molecule has 0 aromatic heterocycles. The second-order valence-electron chi connectivity index (χ2n) is 7.90. The fraction of sp³-hybridized carbons (Fsp3) is 0.480. The Morgan fingerprint density at radius 3 is 1.97 bits per heavy atom. The average molecular weight is 415 g/mol. The van der Waals surface area contributed by atoms with Crippen molar-refractivity contribution in [1.82, 2.24) is 0 Å². The maximum atomic E-state index is 11.9. The molecule has 0 fully saturated rings. The van der Waals surface area contributed by atoms with Crippen LogP contribution in [0, 0.1) is 17.8 Å². The van der Waals surface area contributed by atoms with Crippen LogP contribution in [0.25, 0.3) is 0 Å². The van der Waals surface area contributed by atoms with Crippen LogP contribution in [-0.4, -0.2) is 37.0 Å². The van der Waals surface area contributed by atoms with E-state index in [1.165, 1.54) is 7.11 Å². The van der Waals surface area contributed by atoms with Gasteiger partial charge < -0.3 is 19.3 Å². The number of esters is 1. The zero-order chi connectivity index (χ0) is 21.9. The molecule has 5 atom stereocenters. The van der Waals surface area contributed by atoms with Gasteiger partial charge in [0.15, 0.2) is 0 Å². The summed E-state index contributed by atoms with van der Waals surface area (Å²) in [7, 11) is 1.33. The average Bonchev–Trinajstić information content (AvgIpc) is 2.78. The van der Waals surface area contributed by atoms with Crippen molar-refractivity contribution in [2.75, 3.05) is 13.7 Å². The van der Waals surface area contributed by atoms with Crippen molar-refractivity contribution in [3.8, 4) is 0 Å². The molecule has 0 radical (unpaired) electrons. The molecule has 2 aromatic rings. The molecule has 0 heterocycles. The standard InChI is InChI=1S/C25H34O5/c1-18(15-29-16-21-11-7-5-8-12-21)24(30-17-22-13-9-6-10-14-22)19(2)23(26)20(3)25(27)28-4/h5-14,18-20,23-24,26H,15-17H2,1-4H3/t18-,19-,20+,23+,24-/m0/s1. The monoisotopic (exact) mass is 414 g/mol. The highest BCUT2D eigenvalue weighted by Gasteiger charge is 2.35. The Morgan fingerprint density at radius 1 is 0.900 bits per heavy atom. The van der Waals surface area contributed by atoms with E-state index in [0.29, 0.717) is 19.8 Å². The van der Waals surface area contributed by atoms with Gasteiger partial charge in [0.25, 0.3) is 0 Å². The van der Waals surface area contributed by atoms with Crippen molar-refractivity contribution in [1.29, 1.82) is 0 Å². The highest BCUT2D eigenvalue weighted by atomic mass is 16.5. The van der Waals surface area contributed by atoms with Crippen LogP contribution >= 0.6 is 0 Å². The van der Waals surface area contributed by atoms with E-state index in [1.54, 1.807) is 6.92 Å². The van der Waals surface area contributed by atoms with Crippen LogP contribution in [0.5, 0.6) is 0 Å². The SMILES string of the molecule is COC(=O)[C@H](C)[C@H](O)[C@H](C)[C@@H](OCc1ccccc1)[C@@H](C)COCc1ccccc1. The lowest BCUT2D eigenvalue weighted by atomic mass is 9.84. The van der Waals surface area contributed by atoms with E-state index < -0.39 is 18.0 Å². The first-order valence-corrected chi connectivity index (χ1v) is 10.5. The van der Waals surface area contributed by atoms with Gasteiger partial charge in [0.05, 0.1) is 45.1 Å². The Labute approximate surface area is 180 Å². The van der Waals surface area contributed by atoms with E-state index in [-0.39, 0.29) is 17.9 Å². The molecule has 0 aliphatic rings. The van der Waals surface area contributed by atoms with Crippen LogP contribution in [0.4, 0.5) is 0 Å². The first-order chi connectivity index (χ1) is 14.4. The highest BCUT2D eigenvalue weighted by Crippen LogP contribution is 2.26. The molecule has 0 unspecified atom stereocenters. The van der Waals surface area contributed by atoms with Crippen molar-refractivity contribution < 1.29 is 24.1 Å². The zero-order valence-corrected chi connectivity index (χ0v) is 18.4. The van der Waals surface area contributed by atoms with E-state index >= 15 is 0 Å². The lowest BCUT2D eigenvalue weighted by molar-refractivity contribution is -0.153. The third kappa shape index (κ3) is 7.24. The van der Waals surface area contributed by atoms with Crippen LogP contribution in [-0.2, 0) is 32.2 Å². The van der Waals surface area contributed by atoms with Gasteiger partial charge in [0.2, 0.25) is 0 Å². The minimum atomic E-state index is -0.880. The van der Waals surface area contributed by atoms with Crippen LogP contribution in [0.3, 0.4) is 0 Å². The number of aliphatic hydroxyl groups excluding tert-OH is 1. The van der Waals surface area contributed by atoms with E-state index in [1.807, 2.05) is 74.5 Å². The number of methoxy groups -OCH3 is 1. The molecular formula is C25H34O5. The lowest BCUT2D eigenvalue weighted by Crippen LogP contribution is -2.42. The van der Waals surface area contributed by atoms with Gasteiger partial charge in [-0.3, -0.25) is 4.79 Å². The highest BCUT2D eigenvalue weighted by molar-refractivity contribution is 5.72.